The van der Waals surface area contributed by atoms with Gasteiger partial charge < -0.3 is 4.57 Å². The van der Waals surface area contributed by atoms with Crippen LogP contribution < -0.4 is 11.3 Å². The Morgan fingerprint density at radius 2 is 2.20 bits per heavy atom. The molecule has 20 heavy (non-hydrogen) atoms. The molecule has 0 aliphatic heterocycles. The molecular weight excluding hydrogens is 268 g/mol. The van der Waals surface area contributed by atoms with Gasteiger partial charge in [-0.15, -0.1) is 11.8 Å². The van der Waals surface area contributed by atoms with Crippen molar-refractivity contribution < 1.29 is 0 Å². The van der Waals surface area contributed by atoms with E-state index in [9.17, 15) is 0 Å². The summed E-state index contributed by atoms with van der Waals surface area (Å²) < 4.78 is 2.20. The average Bonchev–Trinajstić information content (AvgIpc) is 2.92. The molecule has 1 aromatic carbocycles. The molecule has 1 aromatic heterocycles. The smallest absolute Gasteiger partial charge is 0.110 e. The maximum atomic E-state index is 5.77. The second-order valence-corrected chi connectivity index (χ2v) is 5.55. The second kappa shape index (κ2) is 7.47. The first-order valence-electron chi connectivity index (χ1n) is 6.89. The average molecular weight is 290 g/mol. The molecule has 3 N–H and O–H groups in total. The number of imidazole rings is 1. The summed E-state index contributed by atoms with van der Waals surface area (Å²) in [6.45, 7) is 3.17. The van der Waals surface area contributed by atoms with Gasteiger partial charge in [0.25, 0.3) is 0 Å². The van der Waals surface area contributed by atoms with Gasteiger partial charge in [0.15, 0.2) is 0 Å². The Kier molecular flexibility index (Phi) is 5.64. The van der Waals surface area contributed by atoms with Crippen LogP contribution in [0.15, 0.2) is 41.6 Å². The Hall–Kier alpha value is -1.30. The third-order valence-corrected chi connectivity index (χ3v) is 4.18. The predicted octanol–water partition coefficient (Wildman–Crippen LogP) is 2.76. The first-order chi connectivity index (χ1) is 9.80. The topological polar surface area (TPSA) is 55.9 Å². The maximum absolute atomic E-state index is 5.77. The fourth-order valence-corrected chi connectivity index (χ4v) is 3.03. The van der Waals surface area contributed by atoms with Crippen LogP contribution in [-0.2, 0) is 13.0 Å². The third kappa shape index (κ3) is 3.42. The monoisotopic (exact) mass is 290 g/mol. The lowest BCUT2D eigenvalue weighted by Crippen LogP contribution is -2.30. The molecule has 0 amide bonds. The molecule has 2 aromatic rings. The predicted molar refractivity (Wildman–Crippen MR) is 84.5 cm³/mol. The van der Waals surface area contributed by atoms with Crippen molar-refractivity contribution in [3.63, 3.8) is 0 Å². The van der Waals surface area contributed by atoms with E-state index in [0.29, 0.717) is 0 Å². The normalized spacial score (nSPS) is 12.6. The molecule has 5 heteroatoms. The van der Waals surface area contributed by atoms with E-state index >= 15 is 0 Å². The Morgan fingerprint density at radius 3 is 2.90 bits per heavy atom. The molecule has 108 valence electrons. The van der Waals surface area contributed by atoms with E-state index in [1.807, 2.05) is 12.4 Å². The number of nitrogens with zero attached hydrogens (tertiary/aromatic N) is 2. The van der Waals surface area contributed by atoms with E-state index in [1.165, 1.54) is 10.5 Å². The largest absolute Gasteiger partial charge is 0.335 e. The van der Waals surface area contributed by atoms with Crippen molar-refractivity contribution >= 4 is 11.8 Å². The lowest BCUT2D eigenvalue weighted by Gasteiger charge is -2.19. The number of benzene rings is 1. The molecule has 0 aliphatic rings. The number of hydrogen-bond acceptors (Lipinski definition) is 4. The van der Waals surface area contributed by atoms with Crippen LogP contribution in [0.5, 0.6) is 0 Å². The fourth-order valence-electron chi connectivity index (χ4n) is 2.37. The molecule has 0 bridgehead atoms. The highest BCUT2D eigenvalue weighted by Crippen LogP contribution is 2.27. The molecule has 0 spiro atoms. The van der Waals surface area contributed by atoms with Gasteiger partial charge in [0.05, 0.1) is 6.04 Å². The lowest BCUT2D eigenvalue weighted by molar-refractivity contribution is 0.511. The number of thioether (sulfide) groups is 1. The molecule has 0 aliphatic carbocycles. The summed E-state index contributed by atoms with van der Waals surface area (Å²) >= 11 is 1.74. The Morgan fingerprint density at radius 1 is 1.40 bits per heavy atom. The van der Waals surface area contributed by atoms with Gasteiger partial charge in [0.2, 0.25) is 0 Å². The Balaban J connectivity index is 2.22. The minimum Gasteiger partial charge on any atom is -0.335 e. The van der Waals surface area contributed by atoms with Gasteiger partial charge in [-0.25, -0.2) is 4.98 Å². The molecule has 2 rings (SSSR count). The van der Waals surface area contributed by atoms with Crippen LogP contribution in [0.2, 0.25) is 0 Å². The quantitative estimate of drug-likeness (QED) is 0.468. The minimum atomic E-state index is 0.0802. The minimum absolute atomic E-state index is 0.0802. The standard InChI is InChI=1S/C15H22N4S/c1-3-9-19-10-8-17-15(19)11-13(18-16)12-6-4-5-7-14(12)20-2/h4-8,10,13,18H,3,9,11,16H2,1-2H3. The molecule has 0 fully saturated rings. The SMILES string of the molecule is CCCn1ccnc1CC(NN)c1ccccc1SC. The van der Waals surface area contributed by atoms with Crippen LogP contribution in [-0.4, -0.2) is 15.8 Å². The van der Waals surface area contributed by atoms with Crippen LogP contribution in [0.25, 0.3) is 0 Å². The summed E-state index contributed by atoms with van der Waals surface area (Å²) in [5, 5.41) is 0. The number of aromatic nitrogens is 2. The lowest BCUT2D eigenvalue weighted by atomic mass is 10.0. The van der Waals surface area contributed by atoms with E-state index in [-0.39, 0.29) is 6.04 Å². The van der Waals surface area contributed by atoms with Gasteiger partial charge in [-0.05, 0) is 24.3 Å². The molecule has 0 radical (unpaired) electrons. The van der Waals surface area contributed by atoms with E-state index in [1.54, 1.807) is 11.8 Å². The Bertz CT molecular complexity index is 538. The zero-order valence-corrected chi connectivity index (χ0v) is 12.9. The second-order valence-electron chi connectivity index (χ2n) is 4.70. The van der Waals surface area contributed by atoms with E-state index in [0.717, 1.165) is 25.2 Å². The Labute approximate surface area is 124 Å². The van der Waals surface area contributed by atoms with Gasteiger partial charge in [0, 0.05) is 30.3 Å². The van der Waals surface area contributed by atoms with Crippen molar-refractivity contribution in [3.8, 4) is 0 Å². The van der Waals surface area contributed by atoms with E-state index in [4.69, 9.17) is 5.84 Å². The molecule has 4 nitrogen and oxygen atoms in total. The van der Waals surface area contributed by atoms with Crippen molar-refractivity contribution in [2.24, 2.45) is 5.84 Å². The summed E-state index contributed by atoms with van der Waals surface area (Å²) in [7, 11) is 0. The molecule has 0 saturated heterocycles. The highest BCUT2D eigenvalue weighted by molar-refractivity contribution is 7.98. The number of nitrogens with one attached hydrogen (secondary N) is 1. The summed E-state index contributed by atoms with van der Waals surface area (Å²) in [6.07, 6.45) is 7.88. The molecule has 1 heterocycles. The zero-order chi connectivity index (χ0) is 14.4. The number of hydrazine groups is 1. The zero-order valence-electron chi connectivity index (χ0n) is 12.0. The number of aryl methyl sites for hydroxylation is 1. The van der Waals surface area contributed by atoms with Crippen LogP contribution >= 0.6 is 11.8 Å². The third-order valence-electron chi connectivity index (χ3n) is 3.37. The summed E-state index contributed by atoms with van der Waals surface area (Å²) in [4.78, 5) is 5.72. The van der Waals surface area contributed by atoms with Crippen molar-refractivity contribution in [3.05, 3.63) is 48.0 Å². The fraction of sp³-hybridized carbons (Fsp3) is 0.400. The molecule has 1 unspecified atom stereocenters. The highest BCUT2D eigenvalue weighted by atomic mass is 32.2. The first kappa shape index (κ1) is 15.1. The van der Waals surface area contributed by atoms with Gasteiger partial charge in [-0.2, -0.15) is 0 Å². The van der Waals surface area contributed by atoms with E-state index in [2.05, 4.69) is 52.4 Å². The number of nitrogens with two attached hydrogens (primary N) is 1. The highest BCUT2D eigenvalue weighted by Gasteiger charge is 2.16. The van der Waals surface area contributed by atoms with E-state index < -0.39 is 0 Å². The number of rotatable bonds is 7. The van der Waals surface area contributed by atoms with Crippen LogP contribution in [0.3, 0.4) is 0 Å². The molecule has 1 atom stereocenters. The van der Waals surface area contributed by atoms with Crippen LogP contribution in [0.1, 0.15) is 30.8 Å². The van der Waals surface area contributed by atoms with Gasteiger partial charge in [-0.1, -0.05) is 25.1 Å². The first-order valence-corrected chi connectivity index (χ1v) is 8.11. The summed E-state index contributed by atoms with van der Waals surface area (Å²) in [5.74, 6) is 6.85. The number of hydrogen-bond donors (Lipinski definition) is 2. The summed E-state index contributed by atoms with van der Waals surface area (Å²) in [5.41, 5.74) is 4.16. The molecule has 0 saturated carbocycles. The van der Waals surface area contributed by atoms with Crippen LogP contribution in [0.4, 0.5) is 0 Å². The van der Waals surface area contributed by atoms with Gasteiger partial charge in [-0.3, -0.25) is 11.3 Å². The van der Waals surface area contributed by atoms with Crippen LogP contribution in [0, 0.1) is 0 Å². The maximum Gasteiger partial charge on any atom is 0.110 e. The van der Waals surface area contributed by atoms with Crippen molar-refractivity contribution in [2.45, 2.75) is 37.2 Å². The van der Waals surface area contributed by atoms with Gasteiger partial charge in [0.1, 0.15) is 5.82 Å². The van der Waals surface area contributed by atoms with Gasteiger partial charge >= 0.3 is 0 Å². The van der Waals surface area contributed by atoms with Crippen molar-refractivity contribution in [2.75, 3.05) is 6.26 Å². The van der Waals surface area contributed by atoms with Crippen molar-refractivity contribution in [1.29, 1.82) is 0 Å². The summed E-state index contributed by atoms with van der Waals surface area (Å²) in [6, 6.07) is 8.45. The van der Waals surface area contributed by atoms with Crippen molar-refractivity contribution in [1.82, 2.24) is 15.0 Å². The molecular formula is C15H22N4S.